The van der Waals surface area contributed by atoms with Gasteiger partial charge in [-0.2, -0.15) is 0 Å². The van der Waals surface area contributed by atoms with E-state index in [0.717, 1.165) is 19.4 Å². The summed E-state index contributed by atoms with van der Waals surface area (Å²) in [5, 5.41) is 8.80. The average Bonchev–Trinajstić information content (AvgIpc) is 2.33. The maximum absolute atomic E-state index is 10.7. The molecule has 1 heterocycles. The molecule has 0 bridgehead atoms. The summed E-state index contributed by atoms with van der Waals surface area (Å²) >= 11 is 0. The first-order valence-corrected chi connectivity index (χ1v) is 4.25. The molecule has 4 heteroatoms. The van der Waals surface area contributed by atoms with Crippen LogP contribution in [0.1, 0.15) is 12.8 Å². The predicted molar refractivity (Wildman–Crippen MR) is 46.3 cm³/mol. The number of hydrogen-bond acceptors (Lipinski definition) is 2. The van der Waals surface area contributed by atoms with Gasteiger partial charge in [0.25, 0.3) is 0 Å². The minimum absolute atomic E-state index is 0.206. The molecule has 12 heavy (non-hydrogen) atoms. The highest BCUT2D eigenvalue weighted by atomic mass is 16.4. The van der Waals surface area contributed by atoms with Gasteiger partial charge >= 0.3 is 6.09 Å². The lowest BCUT2D eigenvalue weighted by Crippen LogP contribution is -2.40. The summed E-state index contributed by atoms with van der Waals surface area (Å²) in [6.07, 6.45) is 1.23. The molecule has 0 aliphatic carbocycles. The Morgan fingerprint density at radius 3 is 2.83 bits per heavy atom. The van der Waals surface area contributed by atoms with E-state index in [1.165, 1.54) is 0 Å². The lowest BCUT2D eigenvalue weighted by Gasteiger charge is -2.24. The van der Waals surface area contributed by atoms with Crippen LogP contribution in [-0.2, 0) is 0 Å². The third-order valence-corrected chi connectivity index (χ3v) is 2.20. The van der Waals surface area contributed by atoms with Gasteiger partial charge in [-0.25, -0.2) is 4.79 Å². The summed E-state index contributed by atoms with van der Waals surface area (Å²) in [7, 11) is 3.94. The molecule has 1 amide bonds. The third-order valence-electron chi connectivity index (χ3n) is 2.20. The van der Waals surface area contributed by atoms with E-state index in [1.54, 1.807) is 4.90 Å². The topological polar surface area (TPSA) is 43.8 Å². The summed E-state index contributed by atoms with van der Waals surface area (Å²) in [5.74, 6) is 0. The van der Waals surface area contributed by atoms with E-state index in [-0.39, 0.29) is 6.04 Å². The monoisotopic (exact) mass is 172 g/mol. The number of carbonyl (C=O) groups is 1. The van der Waals surface area contributed by atoms with Gasteiger partial charge in [-0.3, -0.25) is 0 Å². The van der Waals surface area contributed by atoms with Gasteiger partial charge in [0.15, 0.2) is 0 Å². The van der Waals surface area contributed by atoms with E-state index in [0.29, 0.717) is 6.54 Å². The molecular weight excluding hydrogens is 156 g/mol. The molecule has 1 aliphatic rings. The van der Waals surface area contributed by atoms with E-state index in [2.05, 4.69) is 0 Å². The van der Waals surface area contributed by atoms with Gasteiger partial charge < -0.3 is 14.9 Å². The molecule has 0 unspecified atom stereocenters. The van der Waals surface area contributed by atoms with E-state index >= 15 is 0 Å². The van der Waals surface area contributed by atoms with Gasteiger partial charge in [-0.15, -0.1) is 0 Å². The SMILES string of the molecule is CN(C)C[C@@H]1CCCN1C(=O)O. The Labute approximate surface area is 72.8 Å². The summed E-state index contributed by atoms with van der Waals surface area (Å²) in [6, 6.07) is 0.206. The Morgan fingerprint density at radius 1 is 1.67 bits per heavy atom. The molecule has 0 aromatic heterocycles. The van der Waals surface area contributed by atoms with Gasteiger partial charge in [0.05, 0.1) is 0 Å². The van der Waals surface area contributed by atoms with Crippen LogP contribution in [0.15, 0.2) is 0 Å². The first kappa shape index (κ1) is 9.32. The Balaban J connectivity index is 2.46. The van der Waals surface area contributed by atoms with Gasteiger partial charge in [0.1, 0.15) is 0 Å². The number of carboxylic acid groups (broad SMARTS) is 1. The first-order valence-electron chi connectivity index (χ1n) is 4.25. The van der Waals surface area contributed by atoms with Crippen molar-refractivity contribution in [3.63, 3.8) is 0 Å². The highest BCUT2D eigenvalue weighted by Gasteiger charge is 2.28. The van der Waals surface area contributed by atoms with Crippen LogP contribution in [0.3, 0.4) is 0 Å². The molecule has 1 atom stereocenters. The largest absolute Gasteiger partial charge is 0.465 e. The normalized spacial score (nSPS) is 23.6. The number of nitrogens with zero attached hydrogens (tertiary/aromatic N) is 2. The van der Waals surface area contributed by atoms with Crippen LogP contribution in [0.25, 0.3) is 0 Å². The molecule has 1 rings (SSSR count). The molecular formula is C8H16N2O2. The van der Waals surface area contributed by atoms with Crippen LogP contribution < -0.4 is 0 Å². The Kier molecular flexibility index (Phi) is 2.92. The zero-order chi connectivity index (χ0) is 9.14. The summed E-state index contributed by atoms with van der Waals surface area (Å²) in [4.78, 5) is 14.3. The van der Waals surface area contributed by atoms with E-state index < -0.39 is 6.09 Å². The lowest BCUT2D eigenvalue weighted by atomic mass is 10.2. The van der Waals surface area contributed by atoms with Gasteiger partial charge in [-0.05, 0) is 26.9 Å². The minimum atomic E-state index is -0.778. The van der Waals surface area contributed by atoms with Crippen molar-refractivity contribution in [2.45, 2.75) is 18.9 Å². The van der Waals surface area contributed by atoms with Crippen molar-refractivity contribution in [1.82, 2.24) is 9.80 Å². The minimum Gasteiger partial charge on any atom is -0.465 e. The van der Waals surface area contributed by atoms with Crippen LogP contribution >= 0.6 is 0 Å². The molecule has 0 aromatic carbocycles. The predicted octanol–water partition coefficient (Wildman–Crippen LogP) is 0.690. The van der Waals surface area contributed by atoms with Gasteiger partial charge in [0.2, 0.25) is 0 Å². The summed E-state index contributed by atoms with van der Waals surface area (Å²) < 4.78 is 0. The fourth-order valence-electron chi connectivity index (χ4n) is 1.70. The third kappa shape index (κ3) is 2.11. The maximum atomic E-state index is 10.7. The van der Waals surface area contributed by atoms with Crippen molar-refractivity contribution in [3.8, 4) is 0 Å². The van der Waals surface area contributed by atoms with Crippen LogP contribution in [0.5, 0.6) is 0 Å². The molecule has 4 nitrogen and oxygen atoms in total. The van der Waals surface area contributed by atoms with Crippen LogP contribution in [0, 0.1) is 0 Å². The molecule has 0 radical (unpaired) electrons. The number of hydrogen-bond donors (Lipinski definition) is 1. The second kappa shape index (κ2) is 3.76. The number of rotatable bonds is 2. The molecule has 70 valence electrons. The summed E-state index contributed by atoms with van der Waals surface area (Å²) in [5.41, 5.74) is 0. The number of likely N-dealkylation sites (N-methyl/N-ethyl adjacent to an activating group) is 1. The van der Waals surface area contributed by atoms with Gasteiger partial charge in [-0.1, -0.05) is 0 Å². The van der Waals surface area contributed by atoms with E-state index in [9.17, 15) is 4.79 Å². The standard InChI is InChI=1S/C8H16N2O2/c1-9(2)6-7-4-3-5-10(7)8(11)12/h7H,3-6H2,1-2H3,(H,11,12)/t7-/m0/s1. The van der Waals surface area contributed by atoms with E-state index in [1.807, 2.05) is 19.0 Å². The van der Waals surface area contributed by atoms with Crippen molar-refractivity contribution in [2.75, 3.05) is 27.2 Å². The molecule has 0 spiro atoms. The van der Waals surface area contributed by atoms with Crippen molar-refractivity contribution >= 4 is 6.09 Å². The second-order valence-electron chi connectivity index (χ2n) is 3.53. The number of likely N-dealkylation sites (tertiary alicyclic amines) is 1. The first-order chi connectivity index (χ1) is 5.61. The molecule has 1 saturated heterocycles. The highest BCUT2D eigenvalue weighted by Crippen LogP contribution is 2.17. The Bertz CT molecular complexity index is 170. The molecule has 1 N–H and O–H groups in total. The molecule has 0 saturated carbocycles. The van der Waals surface area contributed by atoms with Crippen LogP contribution in [0.4, 0.5) is 4.79 Å². The summed E-state index contributed by atoms with van der Waals surface area (Å²) in [6.45, 7) is 1.54. The average molecular weight is 172 g/mol. The van der Waals surface area contributed by atoms with Crippen LogP contribution in [-0.4, -0.2) is 54.2 Å². The zero-order valence-corrected chi connectivity index (χ0v) is 7.66. The molecule has 1 aliphatic heterocycles. The smallest absolute Gasteiger partial charge is 0.407 e. The molecule has 0 aromatic rings. The highest BCUT2D eigenvalue weighted by molar-refractivity contribution is 5.65. The maximum Gasteiger partial charge on any atom is 0.407 e. The fourth-order valence-corrected chi connectivity index (χ4v) is 1.70. The van der Waals surface area contributed by atoms with Crippen LogP contribution in [0.2, 0.25) is 0 Å². The van der Waals surface area contributed by atoms with Crippen molar-refractivity contribution < 1.29 is 9.90 Å². The fraction of sp³-hybridized carbons (Fsp3) is 0.875. The Morgan fingerprint density at radius 2 is 2.33 bits per heavy atom. The lowest BCUT2D eigenvalue weighted by molar-refractivity contribution is 0.132. The van der Waals surface area contributed by atoms with Gasteiger partial charge in [0, 0.05) is 19.1 Å². The quantitative estimate of drug-likeness (QED) is 0.666. The molecule has 1 fully saturated rings. The zero-order valence-electron chi connectivity index (χ0n) is 7.66. The Hall–Kier alpha value is -0.770. The number of amides is 1. The second-order valence-corrected chi connectivity index (χ2v) is 3.53. The van der Waals surface area contributed by atoms with Crippen molar-refractivity contribution in [1.29, 1.82) is 0 Å². The van der Waals surface area contributed by atoms with E-state index in [4.69, 9.17) is 5.11 Å². The van der Waals surface area contributed by atoms with Crippen molar-refractivity contribution in [3.05, 3.63) is 0 Å². The van der Waals surface area contributed by atoms with Crippen molar-refractivity contribution in [2.24, 2.45) is 0 Å².